The highest BCUT2D eigenvalue weighted by Gasteiger charge is 2.64. The van der Waals surface area contributed by atoms with Gasteiger partial charge in [0, 0.05) is 18.5 Å². The van der Waals surface area contributed by atoms with Gasteiger partial charge in [0.25, 0.3) is 0 Å². The van der Waals surface area contributed by atoms with Crippen LogP contribution in [-0.2, 0) is 4.79 Å². The molecule has 1 N–H and O–H groups in total. The molecule has 25 heavy (non-hydrogen) atoms. The summed E-state index contributed by atoms with van der Waals surface area (Å²) >= 11 is 6.20. The van der Waals surface area contributed by atoms with E-state index in [1.54, 1.807) is 0 Å². The van der Waals surface area contributed by atoms with E-state index in [9.17, 15) is 4.79 Å². The molecule has 7 rings (SSSR count). The van der Waals surface area contributed by atoms with Gasteiger partial charge in [-0.25, -0.2) is 0 Å². The van der Waals surface area contributed by atoms with Crippen molar-refractivity contribution in [2.24, 2.45) is 28.1 Å². The maximum Gasteiger partial charge on any atom is 0.226 e. The molecule has 5 atom stereocenters. The molecule has 0 spiro atoms. The number of carbonyl (C=O) groups is 1. The van der Waals surface area contributed by atoms with Crippen LogP contribution in [0.1, 0.15) is 64.7 Å². The Morgan fingerprint density at radius 1 is 1.16 bits per heavy atom. The van der Waals surface area contributed by atoms with Crippen LogP contribution < -0.4 is 5.32 Å². The van der Waals surface area contributed by atoms with Crippen molar-refractivity contribution in [1.82, 2.24) is 10.2 Å². The first-order valence-corrected chi connectivity index (χ1v) is 11.1. The van der Waals surface area contributed by atoms with Gasteiger partial charge in [-0.15, -0.1) is 11.6 Å². The van der Waals surface area contributed by atoms with E-state index in [0.717, 1.165) is 49.9 Å². The summed E-state index contributed by atoms with van der Waals surface area (Å²) in [6.45, 7) is 6.01. The molecule has 4 heteroatoms. The Hall–Kier alpha value is -0.280. The largest absolute Gasteiger partial charge is 0.351 e. The molecular weight excluding hydrogens is 332 g/mol. The van der Waals surface area contributed by atoms with E-state index in [2.05, 4.69) is 17.1 Å². The van der Waals surface area contributed by atoms with E-state index in [-0.39, 0.29) is 5.41 Å². The lowest BCUT2D eigenvalue weighted by Gasteiger charge is -2.65. The van der Waals surface area contributed by atoms with Crippen molar-refractivity contribution in [3.05, 3.63) is 0 Å². The molecule has 3 aliphatic heterocycles. The second-order valence-electron chi connectivity index (χ2n) is 10.8. The minimum atomic E-state index is -0.0910. The minimum absolute atomic E-state index is 0.0910. The average molecular weight is 365 g/mol. The summed E-state index contributed by atoms with van der Waals surface area (Å²) in [4.78, 5) is 16.1. The number of piperidine rings is 3. The number of hydrogen-bond donors (Lipinski definition) is 1. The summed E-state index contributed by atoms with van der Waals surface area (Å²) in [5.41, 5.74) is 0.631. The first-order chi connectivity index (χ1) is 11.9. The lowest BCUT2D eigenvalue weighted by Crippen LogP contribution is -2.64. The summed E-state index contributed by atoms with van der Waals surface area (Å²) in [7, 11) is 0. The number of fused-ring (bicyclic) bond motifs is 3. The van der Waals surface area contributed by atoms with Crippen molar-refractivity contribution in [1.29, 1.82) is 0 Å². The SMILES string of the molecule is C[C@]12CC3CC(C(=O)N[C@@H]4CN5CCC4CC5)(C1)C[C@@](CCCl)(C3)C2. The molecular formula is C21H33ClN2O. The average Bonchev–Trinajstić information content (AvgIpc) is 2.53. The monoisotopic (exact) mass is 364 g/mol. The van der Waals surface area contributed by atoms with E-state index in [1.165, 1.54) is 45.2 Å². The summed E-state index contributed by atoms with van der Waals surface area (Å²) in [5.74, 6) is 2.62. The number of amides is 1. The number of halogens is 1. The van der Waals surface area contributed by atoms with Crippen molar-refractivity contribution >= 4 is 17.5 Å². The van der Waals surface area contributed by atoms with Crippen molar-refractivity contribution in [3.8, 4) is 0 Å². The fourth-order valence-electron chi connectivity index (χ4n) is 8.32. The fourth-order valence-corrected chi connectivity index (χ4v) is 8.72. The third-order valence-electron chi connectivity index (χ3n) is 8.54. The molecule has 0 radical (unpaired) electrons. The molecule has 7 aliphatic rings. The molecule has 0 aromatic rings. The third-order valence-corrected chi connectivity index (χ3v) is 8.73. The van der Waals surface area contributed by atoms with Crippen molar-refractivity contribution in [2.75, 3.05) is 25.5 Å². The van der Waals surface area contributed by atoms with Gasteiger partial charge < -0.3 is 10.2 Å². The summed E-state index contributed by atoms with van der Waals surface area (Å²) < 4.78 is 0. The summed E-state index contributed by atoms with van der Waals surface area (Å²) in [6, 6.07) is 0.403. The molecule has 140 valence electrons. The second kappa shape index (κ2) is 5.61. The molecule has 3 heterocycles. The lowest BCUT2D eigenvalue weighted by molar-refractivity contribution is -0.175. The number of hydrogen-bond acceptors (Lipinski definition) is 2. The Labute approximate surface area is 157 Å². The normalized spacial score (nSPS) is 53.2. The summed E-state index contributed by atoms with van der Waals surface area (Å²) in [5, 5.41) is 3.57. The van der Waals surface area contributed by atoms with E-state index < -0.39 is 0 Å². The van der Waals surface area contributed by atoms with Gasteiger partial charge in [-0.05, 0) is 93.5 Å². The van der Waals surface area contributed by atoms with Gasteiger partial charge in [-0.2, -0.15) is 0 Å². The number of nitrogens with one attached hydrogen (secondary N) is 1. The van der Waals surface area contributed by atoms with Gasteiger partial charge in [-0.3, -0.25) is 4.79 Å². The first-order valence-electron chi connectivity index (χ1n) is 10.5. The zero-order valence-electron chi connectivity index (χ0n) is 15.7. The van der Waals surface area contributed by atoms with Crippen LogP contribution in [0.5, 0.6) is 0 Å². The molecule has 3 saturated heterocycles. The Morgan fingerprint density at radius 2 is 1.96 bits per heavy atom. The smallest absolute Gasteiger partial charge is 0.226 e. The Bertz CT molecular complexity index is 574. The third kappa shape index (κ3) is 2.67. The van der Waals surface area contributed by atoms with Crippen LogP contribution >= 0.6 is 11.6 Å². The zero-order valence-corrected chi connectivity index (χ0v) is 16.4. The number of nitrogens with zero attached hydrogens (tertiary/aromatic N) is 1. The quantitative estimate of drug-likeness (QED) is 0.769. The number of alkyl halides is 1. The van der Waals surface area contributed by atoms with Gasteiger partial charge in [0.1, 0.15) is 0 Å². The summed E-state index contributed by atoms with van der Waals surface area (Å²) in [6.07, 6.45) is 11.0. The highest BCUT2D eigenvalue weighted by atomic mass is 35.5. The maximum absolute atomic E-state index is 13.6. The maximum atomic E-state index is 13.6. The van der Waals surface area contributed by atoms with E-state index in [0.29, 0.717) is 22.8 Å². The zero-order chi connectivity index (χ0) is 17.3. The molecule has 6 bridgehead atoms. The predicted octanol–water partition coefficient (Wildman–Crippen LogP) is 3.80. The number of carbonyl (C=O) groups excluding carboxylic acids is 1. The predicted molar refractivity (Wildman–Crippen MR) is 101 cm³/mol. The minimum Gasteiger partial charge on any atom is -0.351 e. The highest BCUT2D eigenvalue weighted by molar-refractivity contribution is 6.17. The molecule has 0 aromatic carbocycles. The van der Waals surface area contributed by atoms with Gasteiger partial charge >= 0.3 is 0 Å². The van der Waals surface area contributed by atoms with E-state index in [1.807, 2.05) is 0 Å². The van der Waals surface area contributed by atoms with Gasteiger partial charge in [-0.1, -0.05) is 6.92 Å². The van der Waals surface area contributed by atoms with Crippen LogP contribution in [0.3, 0.4) is 0 Å². The van der Waals surface area contributed by atoms with Crippen LogP contribution in [-0.4, -0.2) is 42.4 Å². The van der Waals surface area contributed by atoms with Gasteiger partial charge in [0.2, 0.25) is 5.91 Å². The molecule has 4 aliphatic carbocycles. The van der Waals surface area contributed by atoms with E-state index >= 15 is 0 Å². The Kier molecular flexibility index (Phi) is 3.78. The van der Waals surface area contributed by atoms with Crippen LogP contribution in [0.15, 0.2) is 0 Å². The van der Waals surface area contributed by atoms with Crippen molar-refractivity contribution in [3.63, 3.8) is 0 Å². The second-order valence-corrected chi connectivity index (χ2v) is 11.1. The Balaban J connectivity index is 1.38. The molecule has 1 amide bonds. The van der Waals surface area contributed by atoms with Crippen molar-refractivity contribution < 1.29 is 4.79 Å². The lowest BCUT2D eigenvalue weighted by atomic mass is 9.39. The topological polar surface area (TPSA) is 32.3 Å². The fraction of sp³-hybridized carbons (Fsp3) is 0.952. The van der Waals surface area contributed by atoms with Crippen LogP contribution in [0.2, 0.25) is 0 Å². The molecule has 3 nitrogen and oxygen atoms in total. The van der Waals surface area contributed by atoms with Crippen LogP contribution in [0, 0.1) is 28.1 Å². The van der Waals surface area contributed by atoms with Crippen molar-refractivity contribution in [2.45, 2.75) is 70.8 Å². The molecule has 7 fully saturated rings. The Morgan fingerprint density at radius 3 is 2.60 bits per heavy atom. The van der Waals surface area contributed by atoms with Crippen LogP contribution in [0.25, 0.3) is 0 Å². The molecule has 0 aromatic heterocycles. The molecule has 2 unspecified atom stereocenters. The molecule has 4 saturated carbocycles. The number of rotatable bonds is 4. The van der Waals surface area contributed by atoms with Gasteiger partial charge in [0.05, 0.1) is 5.41 Å². The van der Waals surface area contributed by atoms with Crippen LogP contribution in [0.4, 0.5) is 0 Å². The standard InChI is InChI=1S/C21H33ClN2O/c1-19-8-15-9-20(12-19,4-5-22)14-21(10-15,13-19)18(25)23-17-11-24-6-2-16(17)3-7-24/h15-17H,2-14H2,1H3,(H,23,25)/t15?,17-,19-,20+,21?/m1/s1. The van der Waals surface area contributed by atoms with E-state index in [4.69, 9.17) is 11.6 Å². The highest BCUT2D eigenvalue weighted by Crippen LogP contribution is 2.70. The first kappa shape index (κ1) is 16.9. The van der Waals surface area contributed by atoms with Gasteiger partial charge in [0.15, 0.2) is 0 Å².